The first-order chi connectivity index (χ1) is 10.2. The van der Waals surface area contributed by atoms with Crippen molar-refractivity contribution in [3.8, 4) is 0 Å². The molecule has 0 bridgehead atoms. The van der Waals surface area contributed by atoms with Gasteiger partial charge in [0.1, 0.15) is 0 Å². The lowest BCUT2D eigenvalue weighted by molar-refractivity contribution is 0.365. The summed E-state index contributed by atoms with van der Waals surface area (Å²) in [6.45, 7) is 15.5. The molecule has 0 atom stereocenters. The molecule has 21 heavy (non-hydrogen) atoms. The lowest BCUT2D eigenvalue weighted by Crippen LogP contribution is -2.36. The minimum Gasteiger partial charge on any atom is -0.545 e. The standard InChI is InChI=1S/C19H28OSi/c1-5-9-12-18-13-10-11-14-19(18)20-21(15-6-2,16-7-3)17-8-4/h5-9,12H,1-4,10-11,13-17H2. The van der Waals surface area contributed by atoms with Crippen molar-refractivity contribution < 1.29 is 4.43 Å². The van der Waals surface area contributed by atoms with Crippen LogP contribution in [0.15, 0.2) is 74.1 Å². The Morgan fingerprint density at radius 2 is 1.48 bits per heavy atom. The van der Waals surface area contributed by atoms with Gasteiger partial charge in [-0.05, 0) is 43.0 Å². The fraction of sp³-hybridized carbons (Fsp3) is 0.368. The zero-order valence-electron chi connectivity index (χ0n) is 13.2. The Balaban J connectivity index is 3.06. The van der Waals surface area contributed by atoms with Gasteiger partial charge in [0, 0.05) is 6.42 Å². The molecule has 1 aliphatic rings. The second-order valence-corrected chi connectivity index (χ2v) is 9.31. The van der Waals surface area contributed by atoms with Gasteiger partial charge in [0.05, 0.1) is 5.76 Å². The summed E-state index contributed by atoms with van der Waals surface area (Å²) in [6.07, 6.45) is 16.5. The number of allylic oxidation sites excluding steroid dienone is 8. The Kier molecular flexibility index (Phi) is 7.84. The molecule has 1 aliphatic carbocycles. The van der Waals surface area contributed by atoms with Crippen LogP contribution in [0.2, 0.25) is 18.1 Å². The molecule has 1 rings (SSSR count). The normalized spacial score (nSPS) is 15.8. The zero-order valence-corrected chi connectivity index (χ0v) is 14.2. The van der Waals surface area contributed by atoms with Crippen LogP contribution in [0.3, 0.4) is 0 Å². The van der Waals surface area contributed by atoms with E-state index in [9.17, 15) is 0 Å². The second-order valence-electron chi connectivity index (χ2n) is 5.51. The van der Waals surface area contributed by atoms with Crippen molar-refractivity contribution in [1.29, 1.82) is 0 Å². The van der Waals surface area contributed by atoms with E-state index in [4.69, 9.17) is 4.43 Å². The third-order valence-electron chi connectivity index (χ3n) is 3.78. The van der Waals surface area contributed by atoms with E-state index < -0.39 is 8.32 Å². The van der Waals surface area contributed by atoms with E-state index in [1.807, 2.05) is 30.4 Å². The van der Waals surface area contributed by atoms with Gasteiger partial charge in [-0.3, -0.25) is 0 Å². The molecule has 0 aromatic rings. The molecule has 0 unspecified atom stereocenters. The van der Waals surface area contributed by atoms with Crippen molar-refractivity contribution >= 4 is 8.32 Å². The Morgan fingerprint density at radius 3 is 2.00 bits per heavy atom. The van der Waals surface area contributed by atoms with Gasteiger partial charge in [0.2, 0.25) is 0 Å². The summed E-state index contributed by atoms with van der Waals surface area (Å²) in [5, 5.41) is 0. The van der Waals surface area contributed by atoms with Gasteiger partial charge in [0.15, 0.2) is 0 Å². The minimum atomic E-state index is -1.94. The van der Waals surface area contributed by atoms with Crippen LogP contribution in [-0.4, -0.2) is 8.32 Å². The second kappa shape index (κ2) is 9.40. The predicted octanol–water partition coefficient (Wildman–Crippen LogP) is 6.08. The highest BCUT2D eigenvalue weighted by molar-refractivity contribution is 6.75. The molecule has 0 aromatic heterocycles. The van der Waals surface area contributed by atoms with Gasteiger partial charge in [-0.15, -0.1) is 19.7 Å². The molecule has 0 aliphatic heterocycles. The van der Waals surface area contributed by atoms with Crippen LogP contribution < -0.4 is 0 Å². The summed E-state index contributed by atoms with van der Waals surface area (Å²) in [5.41, 5.74) is 1.33. The molecule has 2 heteroatoms. The topological polar surface area (TPSA) is 9.23 Å². The van der Waals surface area contributed by atoms with Crippen LogP contribution in [0.25, 0.3) is 0 Å². The average molecular weight is 301 g/mol. The smallest absolute Gasteiger partial charge is 0.261 e. The first-order valence-corrected chi connectivity index (χ1v) is 10.3. The molecule has 0 aromatic carbocycles. The van der Waals surface area contributed by atoms with Gasteiger partial charge < -0.3 is 4.43 Å². The third-order valence-corrected chi connectivity index (χ3v) is 7.56. The quantitative estimate of drug-likeness (QED) is 0.270. The van der Waals surface area contributed by atoms with E-state index in [0.29, 0.717) is 0 Å². The van der Waals surface area contributed by atoms with E-state index in [-0.39, 0.29) is 0 Å². The molecule has 0 heterocycles. The molecule has 0 saturated heterocycles. The maximum Gasteiger partial charge on any atom is 0.261 e. The Hall–Kier alpha value is -1.54. The van der Waals surface area contributed by atoms with Gasteiger partial charge in [-0.1, -0.05) is 43.0 Å². The van der Waals surface area contributed by atoms with Crippen molar-refractivity contribution in [2.45, 2.75) is 43.8 Å². The molecular weight excluding hydrogens is 272 g/mol. The fourth-order valence-corrected chi connectivity index (χ4v) is 5.89. The molecule has 114 valence electrons. The highest BCUT2D eigenvalue weighted by Gasteiger charge is 2.34. The lowest BCUT2D eigenvalue weighted by Gasteiger charge is -2.33. The first-order valence-electron chi connectivity index (χ1n) is 7.74. The number of hydrogen-bond acceptors (Lipinski definition) is 1. The molecule has 0 radical (unpaired) electrons. The van der Waals surface area contributed by atoms with Crippen LogP contribution in [0.5, 0.6) is 0 Å². The fourth-order valence-electron chi connectivity index (χ4n) is 2.80. The maximum atomic E-state index is 6.63. The van der Waals surface area contributed by atoms with E-state index in [1.54, 1.807) is 0 Å². The van der Waals surface area contributed by atoms with E-state index in [2.05, 4.69) is 32.4 Å². The Labute approximate surface area is 131 Å². The number of rotatable bonds is 10. The third kappa shape index (κ3) is 5.39. The van der Waals surface area contributed by atoms with Crippen LogP contribution >= 0.6 is 0 Å². The van der Waals surface area contributed by atoms with Gasteiger partial charge in [-0.25, -0.2) is 0 Å². The average Bonchev–Trinajstić information content (AvgIpc) is 2.47. The van der Waals surface area contributed by atoms with E-state index >= 15 is 0 Å². The van der Waals surface area contributed by atoms with Crippen molar-refractivity contribution in [1.82, 2.24) is 0 Å². The van der Waals surface area contributed by atoms with Crippen molar-refractivity contribution in [2.75, 3.05) is 0 Å². The summed E-state index contributed by atoms with van der Waals surface area (Å²) >= 11 is 0. The molecule has 0 amide bonds. The molecule has 0 fully saturated rings. The van der Waals surface area contributed by atoms with E-state index in [0.717, 1.165) is 31.0 Å². The van der Waals surface area contributed by atoms with Crippen molar-refractivity contribution in [3.05, 3.63) is 74.1 Å². The van der Waals surface area contributed by atoms with Crippen LogP contribution in [0, 0.1) is 0 Å². The minimum absolute atomic E-state index is 0.937. The first kappa shape index (κ1) is 17.5. The SMILES string of the molecule is C=CC=CC1=C(O[Si](CC=C)(CC=C)CC=C)CCCC1. The molecular formula is C19H28OSi. The molecule has 0 spiro atoms. The van der Waals surface area contributed by atoms with Gasteiger partial charge in [0.25, 0.3) is 8.32 Å². The maximum absolute atomic E-state index is 6.63. The summed E-state index contributed by atoms with van der Waals surface area (Å²) in [7, 11) is -1.94. The van der Waals surface area contributed by atoms with Crippen LogP contribution in [-0.2, 0) is 4.43 Å². The summed E-state index contributed by atoms with van der Waals surface area (Å²) in [5.74, 6) is 1.18. The predicted molar refractivity (Wildman–Crippen MR) is 96.7 cm³/mol. The highest BCUT2D eigenvalue weighted by Crippen LogP contribution is 2.34. The lowest BCUT2D eigenvalue weighted by atomic mass is 9.97. The Bertz CT molecular complexity index is 416. The van der Waals surface area contributed by atoms with Crippen LogP contribution in [0.1, 0.15) is 25.7 Å². The summed E-state index contributed by atoms with van der Waals surface area (Å²) in [6, 6.07) is 2.81. The largest absolute Gasteiger partial charge is 0.545 e. The number of hydrogen-bond donors (Lipinski definition) is 0. The molecule has 0 saturated carbocycles. The highest BCUT2D eigenvalue weighted by atomic mass is 28.4. The summed E-state index contributed by atoms with van der Waals surface area (Å²) in [4.78, 5) is 0. The Morgan fingerprint density at radius 1 is 0.905 bits per heavy atom. The van der Waals surface area contributed by atoms with Crippen molar-refractivity contribution in [3.63, 3.8) is 0 Å². The monoisotopic (exact) mass is 300 g/mol. The van der Waals surface area contributed by atoms with Gasteiger partial charge >= 0.3 is 0 Å². The summed E-state index contributed by atoms with van der Waals surface area (Å²) < 4.78 is 6.63. The van der Waals surface area contributed by atoms with E-state index in [1.165, 1.54) is 24.2 Å². The van der Waals surface area contributed by atoms with Gasteiger partial charge in [-0.2, -0.15) is 0 Å². The molecule has 0 N–H and O–H groups in total. The van der Waals surface area contributed by atoms with Crippen molar-refractivity contribution in [2.24, 2.45) is 0 Å². The molecule has 1 nitrogen and oxygen atoms in total. The van der Waals surface area contributed by atoms with Crippen LogP contribution in [0.4, 0.5) is 0 Å². The zero-order chi connectivity index (χ0) is 15.6.